The third-order valence-electron chi connectivity index (χ3n) is 1.26. The van der Waals surface area contributed by atoms with Crippen LogP contribution in [-0.4, -0.2) is 0 Å². The van der Waals surface area contributed by atoms with Crippen molar-refractivity contribution in [2.45, 2.75) is 0 Å². The van der Waals surface area contributed by atoms with E-state index in [9.17, 15) is 0 Å². The molecule has 0 aliphatic heterocycles. The molecule has 12 heavy (non-hydrogen) atoms. The van der Waals surface area contributed by atoms with Gasteiger partial charge in [0.25, 0.3) is 0 Å². The molecule has 0 spiro atoms. The Labute approximate surface area is 71.0 Å². The van der Waals surface area contributed by atoms with Gasteiger partial charge in [-0.15, -0.1) is 0 Å². The summed E-state index contributed by atoms with van der Waals surface area (Å²) in [6.45, 7) is 3.35. The zero-order valence-corrected chi connectivity index (χ0v) is 6.45. The second-order valence-electron chi connectivity index (χ2n) is 2.08. The van der Waals surface area contributed by atoms with Gasteiger partial charge in [0.05, 0.1) is 11.6 Å². The zero-order valence-electron chi connectivity index (χ0n) is 6.45. The molecule has 0 N–H and O–H groups in total. The van der Waals surface area contributed by atoms with Crippen molar-refractivity contribution in [3.05, 3.63) is 48.4 Å². The molecule has 1 aromatic rings. The average molecular weight is 157 g/mol. The summed E-state index contributed by atoms with van der Waals surface area (Å²) in [7, 11) is 0. The number of hydrogen-bond acceptors (Lipinski definition) is 2. The van der Waals surface area contributed by atoms with Crippen LogP contribution < -0.4 is 4.74 Å². The Morgan fingerprint density at radius 3 is 2.50 bits per heavy atom. The normalized spacial score (nSPS) is 7.92. The number of ether oxygens (including phenoxy) is 1. The highest BCUT2D eigenvalue weighted by Gasteiger charge is 1.90. The Kier molecular flexibility index (Phi) is 2.73. The van der Waals surface area contributed by atoms with E-state index in [-0.39, 0.29) is 0 Å². The molecule has 0 aromatic heterocycles. The molecule has 0 heterocycles. The lowest BCUT2D eigenvalue weighted by Crippen LogP contribution is -1.80. The molecule has 0 aliphatic carbocycles. The fourth-order valence-corrected chi connectivity index (χ4v) is 0.718. The second kappa shape index (κ2) is 4.02. The van der Waals surface area contributed by atoms with Gasteiger partial charge < -0.3 is 4.74 Å². The van der Waals surface area contributed by atoms with Gasteiger partial charge in [-0.2, -0.15) is 5.26 Å². The fraction of sp³-hybridized carbons (Fsp3) is 0. The Morgan fingerprint density at radius 2 is 2.00 bits per heavy atom. The lowest BCUT2D eigenvalue weighted by molar-refractivity contribution is 0.482. The van der Waals surface area contributed by atoms with Gasteiger partial charge in [-0.05, 0) is 24.3 Å². The van der Waals surface area contributed by atoms with Crippen molar-refractivity contribution in [1.82, 2.24) is 0 Å². The molecule has 58 valence electrons. The van der Waals surface area contributed by atoms with Crippen molar-refractivity contribution in [3.63, 3.8) is 0 Å². The van der Waals surface area contributed by atoms with Crippen molar-refractivity contribution >= 4 is 0 Å². The summed E-state index contributed by atoms with van der Waals surface area (Å²) in [5.41, 5.74) is 3.10. The van der Waals surface area contributed by atoms with E-state index in [1.807, 2.05) is 6.07 Å². The van der Waals surface area contributed by atoms with E-state index in [1.165, 1.54) is 6.26 Å². The first-order chi connectivity index (χ1) is 5.86. The highest BCUT2D eigenvalue weighted by atomic mass is 16.5. The lowest BCUT2D eigenvalue weighted by Gasteiger charge is -1.96. The molecule has 0 atom stereocenters. The minimum Gasteiger partial charge on any atom is -0.457 e. The van der Waals surface area contributed by atoms with E-state index in [4.69, 9.17) is 10.00 Å². The van der Waals surface area contributed by atoms with Crippen molar-refractivity contribution in [2.24, 2.45) is 0 Å². The molecular formula is C10H7NO. The molecule has 0 fully saturated rings. The van der Waals surface area contributed by atoms with Crippen molar-refractivity contribution in [1.29, 1.82) is 5.26 Å². The van der Waals surface area contributed by atoms with Gasteiger partial charge in [-0.3, -0.25) is 0 Å². The Balaban J connectivity index is 2.79. The molecule has 2 nitrogen and oxygen atoms in total. The summed E-state index contributed by atoms with van der Waals surface area (Å²) in [6.07, 6.45) is 1.36. The molecule has 0 unspecified atom stereocenters. The van der Waals surface area contributed by atoms with Crippen LogP contribution in [0.5, 0.6) is 5.75 Å². The van der Waals surface area contributed by atoms with Gasteiger partial charge in [0, 0.05) is 0 Å². The molecule has 0 saturated carbocycles. The summed E-state index contributed by atoms with van der Waals surface area (Å²) in [6, 6.07) is 8.82. The summed E-state index contributed by atoms with van der Waals surface area (Å²) in [5.74, 6) is 0.671. The summed E-state index contributed by atoms with van der Waals surface area (Å²) in [5, 5.41) is 8.48. The molecule has 1 aromatic carbocycles. The minimum absolute atomic E-state index is 0.616. The number of nitriles is 1. The van der Waals surface area contributed by atoms with Crippen molar-refractivity contribution in [3.8, 4) is 11.8 Å². The predicted octanol–water partition coefficient (Wildman–Crippen LogP) is 2.24. The van der Waals surface area contributed by atoms with Gasteiger partial charge in [0.15, 0.2) is 0 Å². The van der Waals surface area contributed by atoms with E-state index in [2.05, 4.69) is 12.3 Å². The van der Waals surface area contributed by atoms with E-state index in [0.717, 1.165) is 0 Å². The first kappa shape index (κ1) is 8.13. The standard InChI is InChI=1S/C10H7NO/c1-2-7-12-10-5-3-9(8-11)4-6-10/h3-7H,1H2. The second-order valence-corrected chi connectivity index (χ2v) is 2.08. The van der Waals surface area contributed by atoms with Crippen LogP contribution in [0.3, 0.4) is 0 Å². The van der Waals surface area contributed by atoms with Crippen LogP contribution >= 0.6 is 0 Å². The molecule has 0 aliphatic rings. The largest absolute Gasteiger partial charge is 0.457 e. The zero-order chi connectivity index (χ0) is 8.81. The molecule has 1 rings (SSSR count). The fourth-order valence-electron chi connectivity index (χ4n) is 0.718. The van der Waals surface area contributed by atoms with Crippen LogP contribution in [0.1, 0.15) is 5.56 Å². The van der Waals surface area contributed by atoms with Crippen LogP contribution in [0, 0.1) is 11.3 Å². The maximum absolute atomic E-state index is 8.48. The molecular weight excluding hydrogens is 150 g/mol. The van der Waals surface area contributed by atoms with Crippen molar-refractivity contribution in [2.75, 3.05) is 0 Å². The molecule has 0 bridgehead atoms. The van der Waals surface area contributed by atoms with E-state index >= 15 is 0 Å². The first-order valence-electron chi connectivity index (χ1n) is 3.38. The number of hydrogen-bond donors (Lipinski definition) is 0. The van der Waals surface area contributed by atoms with Gasteiger partial charge in [0.1, 0.15) is 12.0 Å². The summed E-state index contributed by atoms with van der Waals surface area (Å²) < 4.78 is 5.05. The predicted molar refractivity (Wildman–Crippen MR) is 45.5 cm³/mol. The lowest BCUT2D eigenvalue weighted by atomic mass is 10.2. The highest BCUT2D eigenvalue weighted by molar-refractivity contribution is 5.34. The van der Waals surface area contributed by atoms with Crippen LogP contribution in [-0.2, 0) is 0 Å². The topological polar surface area (TPSA) is 33.0 Å². The maximum atomic E-state index is 8.48. The molecule has 0 amide bonds. The minimum atomic E-state index is 0.616. The van der Waals surface area contributed by atoms with Gasteiger partial charge in [-0.1, -0.05) is 12.3 Å². The highest BCUT2D eigenvalue weighted by Crippen LogP contribution is 2.11. The Bertz CT molecular complexity index is 339. The monoisotopic (exact) mass is 157 g/mol. The SMILES string of the molecule is C=C=COc1ccc(C#N)cc1. The third-order valence-corrected chi connectivity index (χ3v) is 1.26. The summed E-state index contributed by atoms with van der Waals surface area (Å²) >= 11 is 0. The average Bonchev–Trinajstić information content (AvgIpc) is 2.15. The molecule has 2 heteroatoms. The number of benzene rings is 1. The first-order valence-corrected chi connectivity index (χ1v) is 3.38. The summed E-state index contributed by atoms with van der Waals surface area (Å²) in [4.78, 5) is 0. The maximum Gasteiger partial charge on any atom is 0.133 e. The smallest absolute Gasteiger partial charge is 0.133 e. The van der Waals surface area contributed by atoms with Crippen LogP contribution in [0.4, 0.5) is 0 Å². The molecule has 0 saturated heterocycles. The van der Waals surface area contributed by atoms with Gasteiger partial charge in [0.2, 0.25) is 0 Å². The van der Waals surface area contributed by atoms with E-state index in [0.29, 0.717) is 11.3 Å². The Hall–Kier alpha value is -1.97. The molecule has 0 radical (unpaired) electrons. The Morgan fingerprint density at radius 1 is 1.33 bits per heavy atom. The van der Waals surface area contributed by atoms with Gasteiger partial charge >= 0.3 is 0 Å². The van der Waals surface area contributed by atoms with Crippen molar-refractivity contribution < 1.29 is 4.74 Å². The van der Waals surface area contributed by atoms with E-state index in [1.54, 1.807) is 24.3 Å². The number of nitrogens with zero attached hydrogens (tertiary/aromatic N) is 1. The van der Waals surface area contributed by atoms with Crippen LogP contribution in [0.25, 0.3) is 0 Å². The van der Waals surface area contributed by atoms with E-state index < -0.39 is 0 Å². The quantitative estimate of drug-likeness (QED) is 0.487. The number of rotatable bonds is 2. The van der Waals surface area contributed by atoms with Gasteiger partial charge in [-0.25, -0.2) is 0 Å². The third kappa shape index (κ3) is 2.02. The van der Waals surface area contributed by atoms with Crippen LogP contribution in [0.15, 0.2) is 42.8 Å². The van der Waals surface area contributed by atoms with Crippen LogP contribution in [0.2, 0.25) is 0 Å².